The van der Waals surface area contributed by atoms with Crippen LogP contribution in [0.1, 0.15) is 21.5 Å². The van der Waals surface area contributed by atoms with Crippen molar-refractivity contribution >= 4 is 17.5 Å². The Hall–Kier alpha value is -3.02. The highest BCUT2D eigenvalue weighted by Crippen LogP contribution is 2.30. The predicted octanol–water partition coefficient (Wildman–Crippen LogP) is 2.73. The van der Waals surface area contributed by atoms with Crippen LogP contribution in [0.3, 0.4) is 0 Å². The monoisotopic (exact) mass is 342 g/mol. The summed E-state index contributed by atoms with van der Waals surface area (Å²) in [7, 11) is 2.91. The number of nitrogens with one attached hydrogen (secondary N) is 1. The largest absolute Gasteiger partial charge is 0.504 e. The van der Waals surface area contributed by atoms with Gasteiger partial charge in [0.05, 0.1) is 19.2 Å². The van der Waals surface area contributed by atoms with Crippen LogP contribution in [0, 0.1) is 13.8 Å². The summed E-state index contributed by atoms with van der Waals surface area (Å²) in [5, 5.41) is 12.9. The molecule has 2 N–H and O–H groups in total. The molecule has 0 saturated heterocycles. The Kier molecular flexibility index (Phi) is 5.64. The van der Waals surface area contributed by atoms with Gasteiger partial charge in [-0.2, -0.15) is 0 Å². The third-order valence-corrected chi connectivity index (χ3v) is 3.92. The number of carbonyl (C=O) groups is 2. The molecule has 0 aliphatic carbocycles. The first kappa shape index (κ1) is 18.3. The van der Waals surface area contributed by atoms with Gasteiger partial charge in [-0.15, -0.1) is 0 Å². The van der Waals surface area contributed by atoms with Crippen molar-refractivity contribution in [2.45, 2.75) is 13.8 Å². The maximum Gasteiger partial charge on any atom is 0.257 e. The first-order valence-corrected chi connectivity index (χ1v) is 7.82. The van der Waals surface area contributed by atoms with Crippen molar-refractivity contribution in [3.05, 3.63) is 53.1 Å². The van der Waals surface area contributed by atoms with Crippen LogP contribution < -0.4 is 10.1 Å². The summed E-state index contributed by atoms with van der Waals surface area (Å²) < 4.78 is 5.00. The smallest absolute Gasteiger partial charge is 0.257 e. The minimum Gasteiger partial charge on any atom is -0.504 e. The Balaban J connectivity index is 2.10. The van der Waals surface area contributed by atoms with Gasteiger partial charge in [0, 0.05) is 12.7 Å². The summed E-state index contributed by atoms with van der Waals surface area (Å²) in [6.45, 7) is 3.68. The minimum absolute atomic E-state index is 0.0849. The average Bonchev–Trinajstić information content (AvgIpc) is 2.58. The number of methoxy groups -OCH3 is 1. The molecule has 132 valence electrons. The zero-order chi connectivity index (χ0) is 18.6. The fourth-order valence-electron chi connectivity index (χ4n) is 2.54. The van der Waals surface area contributed by atoms with Gasteiger partial charge < -0.3 is 20.1 Å². The summed E-state index contributed by atoms with van der Waals surface area (Å²) >= 11 is 0. The van der Waals surface area contributed by atoms with Gasteiger partial charge in [0.25, 0.3) is 5.91 Å². The van der Waals surface area contributed by atoms with E-state index in [0.717, 1.165) is 16.8 Å². The Morgan fingerprint density at radius 1 is 1.12 bits per heavy atom. The number of hydrogen-bond donors (Lipinski definition) is 2. The maximum atomic E-state index is 12.5. The Morgan fingerprint density at radius 2 is 1.72 bits per heavy atom. The molecule has 0 spiro atoms. The van der Waals surface area contributed by atoms with Gasteiger partial charge in [-0.05, 0) is 37.1 Å². The number of para-hydroxylation sites is 2. The zero-order valence-electron chi connectivity index (χ0n) is 14.8. The number of benzene rings is 2. The number of aryl methyl sites for hydroxylation is 2. The van der Waals surface area contributed by atoms with E-state index in [0.29, 0.717) is 0 Å². The molecule has 0 aliphatic heterocycles. The van der Waals surface area contributed by atoms with Crippen molar-refractivity contribution < 1.29 is 19.4 Å². The normalized spacial score (nSPS) is 10.2. The SMILES string of the molecule is COc1cccc(C(=O)N(C)CC(=O)Nc2c(C)cccc2C)c1O. The second-order valence-corrected chi connectivity index (χ2v) is 5.83. The fourth-order valence-corrected chi connectivity index (χ4v) is 2.54. The van der Waals surface area contributed by atoms with Crippen LogP contribution in [0.4, 0.5) is 5.69 Å². The van der Waals surface area contributed by atoms with Crippen molar-refractivity contribution in [2.24, 2.45) is 0 Å². The summed E-state index contributed by atoms with van der Waals surface area (Å²) in [5.41, 5.74) is 2.74. The number of phenolic OH excluding ortho intramolecular Hbond substituents is 1. The fraction of sp³-hybridized carbons (Fsp3) is 0.263. The van der Waals surface area contributed by atoms with E-state index in [9.17, 15) is 14.7 Å². The molecule has 2 aromatic rings. The third-order valence-electron chi connectivity index (χ3n) is 3.92. The first-order chi connectivity index (χ1) is 11.8. The van der Waals surface area contributed by atoms with Crippen LogP contribution in [0.25, 0.3) is 0 Å². The highest BCUT2D eigenvalue weighted by Gasteiger charge is 2.20. The van der Waals surface area contributed by atoms with Crippen LogP contribution in [0.2, 0.25) is 0 Å². The number of rotatable bonds is 5. The molecule has 2 amide bonds. The molecule has 0 bridgehead atoms. The quantitative estimate of drug-likeness (QED) is 0.876. The van der Waals surface area contributed by atoms with E-state index in [-0.39, 0.29) is 29.5 Å². The van der Waals surface area contributed by atoms with Crippen LogP contribution in [-0.4, -0.2) is 42.5 Å². The molecule has 0 radical (unpaired) electrons. The average molecular weight is 342 g/mol. The van der Waals surface area contributed by atoms with Crippen LogP contribution in [-0.2, 0) is 4.79 Å². The van der Waals surface area contributed by atoms with Crippen LogP contribution >= 0.6 is 0 Å². The van der Waals surface area contributed by atoms with Crippen molar-refractivity contribution in [3.63, 3.8) is 0 Å². The van der Waals surface area contributed by atoms with Crippen molar-refractivity contribution in [1.29, 1.82) is 0 Å². The number of amides is 2. The molecule has 6 heteroatoms. The lowest BCUT2D eigenvalue weighted by Gasteiger charge is -2.19. The van der Waals surface area contributed by atoms with Crippen molar-refractivity contribution in [3.8, 4) is 11.5 Å². The molecule has 6 nitrogen and oxygen atoms in total. The number of anilines is 1. The van der Waals surface area contributed by atoms with E-state index in [1.54, 1.807) is 12.1 Å². The number of likely N-dealkylation sites (N-methyl/N-ethyl adjacent to an activating group) is 1. The molecule has 0 aliphatic rings. The summed E-state index contributed by atoms with van der Waals surface area (Å²) in [6.07, 6.45) is 0. The molecule has 0 aromatic heterocycles. The highest BCUT2D eigenvalue weighted by molar-refractivity contribution is 6.01. The molecule has 2 rings (SSSR count). The van der Waals surface area contributed by atoms with E-state index in [4.69, 9.17) is 4.74 Å². The van der Waals surface area contributed by atoms with Gasteiger partial charge in [-0.25, -0.2) is 0 Å². The van der Waals surface area contributed by atoms with Gasteiger partial charge in [-0.1, -0.05) is 24.3 Å². The third kappa shape index (κ3) is 4.09. The number of hydrogen-bond acceptors (Lipinski definition) is 4. The van der Waals surface area contributed by atoms with E-state index in [1.807, 2.05) is 32.0 Å². The molecule has 0 atom stereocenters. The lowest BCUT2D eigenvalue weighted by molar-refractivity contribution is -0.116. The molecule has 0 saturated carbocycles. The van der Waals surface area contributed by atoms with Gasteiger partial charge >= 0.3 is 0 Å². The summed E-state index contributed by atoms with van der Waals surface area (Å²) in [5.74, 6) is -0.806. The minimum atomic E-state index is -0.465. The molecule has 0 fully saturated rings. The standard InChI is InChI=1S/C19H22N2O4/c1-12-7-5-8-13(2)17(12)20-16(22)11-21(3)19(24)14-9-6-10-15(25-4)18(14)23/h5-10,23H,11H2,1-4H3,(H,20,22). The van der Waals surface area contributed by atoms with Crippen LogP contribution in [0.5, 0.6) is 11.5 Å². The Morgan fingerprint density at radius 3 is 2.32 bits per heavy atom. The molecular formula is C19H22N2O4. The number of aromatic hydroxyl groups is 1. The van der Waals surface area contributed by atoms with Gasteiger partial charge in [-0.3, -0.25) is 9.59 Å². The molecule has 0 unspecified atom stereocenters. The number of ether oxygens (including phenoxy) is 1. The maximum absolute atomic E-state index is 12.5. The van der Waals surface area contributed by atoms with Gasteiger partial charge in [0.1, 0.15) is 0 Å². The number of phenols is 1. The van der Waals surface area contributed by atoms with E-state index < -0.39 is 5.91 Å². The summed E-state index contributed by atoms with van der Waals surface area (Å²) in [6, 6.07) is 10.4. The van der Waals surface area contributed by atoms with Gasteiger partial charge in [0.15, 0.2) is 11.5 Å². The number of carbonyl (C=O) groups excluding carboxylic acids is 2. The van der Waals surface area contributed by atoms with Crippen molar-refractivity contribution in [2.75, 3.05) is 26.0 Å². The Labute approximate surface area is 147 Å². The molecule has 0 heterocycles. The van der Waals surface area contributed by atoms with Gasteiger partial charge in [0.2, 0.25) is 5.91 Å². The second kappa shape index (κ2) is 7.70. The molecular weight excluding hydrogens is 320 g/mol. The lowest BCUT2D eigenvalue weighted by Crippen LogP contribution is -2.35. The second-order valence-electron chi connectivity index (χ2n) is 5.83. The number of nitrogens with zero attached hydrogens (tertiary/aromatic N) is 1. The molecule has 2 aromatic carbocycles. The first-order valence-electron chi connectivity index (χ1n) is 7.82. The topological polar surface area (TPSA) is 78.9 Å². The highest BCUT2D eigenvalue weighted by atomic mass is 16.5. The summed E-state index contributed by atoms with van der Waals surface area (Å²) in [4.78, 5) is 26.0. The van der Waals surface area contributed by atoms with Crippen molar-refractivity contribution in [1.82, 2.24) is 4.90 Å². The Bertz CT molecular complexity index is 782. The van der Waals surface area contributed by atoms with E-state index in [2.05, 4.69) is 5.32 Å². The molecule has 25 heavy (non-hydrogen) atoms. The lowest BCUT2D eigenvalue weighted by atomic mass is 10.1. The van der Waals surface area contributed by atoms with E-state index >= 15 is 0 Å². The predicted molar refractivity (Wildman–Crippen MR) is 96.2 cm³/mol. The zero-order valence-corrected chi connectivity index (χ0v) is 14.8. The van der Waals surface area contributed by atoms with E-state index in [1.165, 1.54) is 25.1 Å². The van der Waals surface area contributed by atoms with Crippen LogP contribution in [0.15, 0.2) is 36.4 Å².